The number of rotatable bonds is 3. The third-order valence-corrected chi connectivity index (χ3v) is 2.90. The molecule has 3 rings (SSSR count). The van der Waals surface area contributed by atoms with E-state index < -0.39 is 0 Å². The maximum absolute atomic E-state index is 3.63. The van der Waals surface area contributed by atoms with Crippen molar-refractivity contribution in [2.24, 2.45) is 0 Å². The minimum absolute atomic E-state index is 1.17. The van der Waals surface area contributed by atoms with Gasteiger partial charge in [0.05, 0.1) is 0 Å². The Balaban J connectivity index is 0.000000331. The van der Waals surface area contributed by atoms with E-state index in [0.29, 0.717) is 0 Å². The highest BCUT2D eigenvalue weighted by Crippen LogP contribution is 1.98. The maximum atomic E-state index is 3.63. The minimum atomic E-state index is 1.17. The Labute approximate surface area is 159 Å². The van der Waals surface area contributed by atoms with Crippen LogP contribution < -0.4 is 0 Å². The van der Waals surface area contributed by atoms with Crippen molar-refractivity contribution in [1.29, 1.82) is 0 Å². The van der Waals surface area contributed by atoms with Crippen LogP contribution in [-0.2, 0) is 0 Å². The predicted octanol–water partition coefficient (Wildman–Crippen LogP) is 7.70. The molecule has 0 aliphatic heterocycles. The lowest BCUT2D eigenvalue weighted by atomic mass is 10.2. The van der Waals surface area contributed by atoms with Gasteiger partial charge in [-0.05, 0) is 11.1 Å². The smallest absolute Gasteiger partial charge is 0.0263 e. The van der Waals surface area contributed by atoms with Gasteiger partial charge in [-0.15, -0.1) is 0 Å². The third kappa shape index (κ3) is 14.2. The first-order valence-corrected chi connectivity index (χ1v) is 8.37. The standard InChI is InChI=1S/2C8H8.C6H6.C4H6/c2*1-2-8-6-4-3-5-7-8;1-2-4-6-5-3-1;1-3-4-2/h2*2-7H,1H2;1-6H;3-4H,1-2H2. The molecule has 0 nitrogen and oxygen atoms in total. The molecule has 0 spiro atoms. The summed E-state index contributed by atoms with van der Waals surface area (Å²) < 4.78 is 0. The molecule has 0 N–H and O–H groups in total. The zero-order chi connectivity index (χ0) is 19.3. The van der Waals surface area contributed by atoms with Gasteiger partial charge in [-0.2, -0.15) is 0 Å². The molecule has 0 unspecified atom stereocenters. The van der Waals surface area contributed by atoms with Crippen molar-refractivity contribution < 1.29 is 0 Å². The second-order valence-corrected chi connectivity index (χ2v) is 4.86. The molecule has 0 aliphatic carbocycles. The highest BCUT2D eigenvalue weighted by atomic mass is 13.8. The van der Waals surface area contributed by atoms with Crippen molar-refractivity contribution in [3.63, 3.8) is 0 Å². The molecule has 0 bridgehead atoms. The molecular formula is C26H28. The zero-order valence-corrected chi connectivity index (χ0v) is 15.4. The van der Waals surface area contributed by atoms with E-state index in [1.807, 2.05) is 109 Å². The largest absolute Gasteiger partial charge is 0.0991 e. The monoisotopic (exact) mass is 340 g/mol. The fourth-order valence-corrected chi connectivity index (χ4v) is 1.56. The Bertz CT molecular complexity index is 619. The fourth-order valence-electron chi connectivity index (χ4n) is 1.56. The lowest BCUT2D eigenvalue weighted by molar-refractivity contribution is 1.67. The fraction of sp³-hybridized carbons (Fsp3) is 0. The van der Waals surface area contributed by atoms with Crippen molar-refractivity contribution >= 4 is 12.2 Å². The second kappa shape index (κ2) is 18.0. The van der Waals surface area contributed by atoms with E-state index in [-0.39, 0.29) is 0 Å². The minimum Gasteiger partial charge on any atom is -0.0991 e. The van der Waals surface area contributed by atoms with Gasteiger partial charge in [0, 0.05) is 0 Å². The quantitative estimate of drug-likeness (QED) is 0.428. The molecule has 0 aromatic heterocycles. The predicted molar refractivity (Wildman–Crippen MR) is 120 cm³/mol. The summed E-state index contributed by atoms with van der Waals surface area (Å²) >= 11 is 0. The maximum Gasteiger partial charge on any atom is -0.0263 e. The molecule has 132 valence electrons. The highest BCUT2D eigenvalue weighted by Gasteiger charge is 1.76. The first-order chi connectivity index (χ1) is 12.8. The first-order valence-electron chi connectivity index (χ1n) is 8.37. The molecule has 0 heterocycles. The van der Waals surface area contributed by atoms with E-state index in [9.17, 15) is 0 Å². The summed E-state index contributed by atoms with van der Waals surface area (Å²) in [5.74, 6) is 0. The lowest BCUT2D eigenvalue weighted by Gasteiger charge is -1.85. The average Bonchev–Trinajstić information content (AvgIpc) is 2.77. The molecule has 0 radical (unpaired) electrons. The van der Waals surface area contributed by atoms with Gasteiger partial charge in [0.15, 0.2) is 0 Å². The summed E-state index contributed by atoms with van der Waals surface area (Å²) in [5.41, 5.74) is 2.35. The van der Waals surface area contributed by atoms with Crippen LogP contribution in [0.4, 0.5) is 0 Å². The molecule has 0 fully saturated rings. The summed E-state index contributed by atoms with van der Waals surface area (Å²) in [6.07, 6.45) is 6.94. The van der Waals surface area contributed by atoms with Gasteiger partial charge < -0.3 is 0 Å². The van der Waals surface area contributed by atoms with Crippen LogP contribution in [0, 0.1) is 0 Å². The molecule has 26 heavy (non-hydrogen) atoms. The summed E-state index contributed by atoms with van der Waals surface area (Å²) in [4.78, 5) is 0. The highest BCUT2D eigenvalue weighted by molar-refractivity contribution is 5.46. The van der Waals surface area contributed by atoms with Crippen LogP contribution in [0.15, 0.2) is 136 Å². The van der Waals surface area contributed by atoms with Gasteiger partial charge in [-0.25, -0.2) is 0 Å². The van der Waals surface area contributed by atoms with Crippen molar-refractivity contribution in [3.05, 3.63) is 147 Å². The Morgan fingerprint density at radius 2 is 0.615 bits per heavy atom. The van der Waals surface area contributed by atoms with Crippen molar-refractivity contribution in [1.82, 2.24) is 0 Å². The van der Waals surface area contributed by atoms with E-state index in [1.165, 1.54) is 11.1 Å². The summed E-state index contributed by atoms with van der Waals surface area (Å²) in [5, 5.41) is 0. The van der Waals surface area contributed by atoms with Gasteiger partial charge in [0.25, 0.3) is 0 Å². The van der Waals surface area contributed by atoms with Gasteiger partial charge in [-0.3, -0.25) is 0 Å². The molecule has 0 atom stereocenters. The Hall–Kier alpha value is -3.38. The molecule has 0 aliphatic rings. The van der Waals surface area contributed by atoms with Crippen LogP contribution in [0.5, 0.6) is 0 Å². The lowest BCUT2D eigenvalue weighted by Crippen LogP contribution is -1.63. The molecule has 0 amide bonds. The molecular weight excluding hydrogens is 312 g/mol. The Kier molecular flexibility index (Phi) is 15.6. The van der Waals surface area contributed by atoms with Crippen LogP contribution >= 0.6 is 0 Å². The molecule has 0 saturated carbocycles. The summed E-state index contributed by atoms with van der Waals surface area (Å²) in [7, 11) is 0. The van der Waals surface area contributed by atoms with Crippen LogP contribution in [0.2, 0.25) is 0 Å². The average molecular weight is 341 g/mol. The SMILES string of the molecule is C=CC=C.C=Cc1ccccc1.C=Cc1ccccc1.c1ccccc1. The van der Waals surface area contributed by atoms with Crippen molar-refractivity contribution in [3.8, 4) is 0 Å². The topological polar surface area (TPSA) is 0 Å². The molecule has 3 aromatic carbocycles. The van der Waals surface area contributed by atoms with Crippen molar-refractivity contribution in [2.45, 2.75) is 0 Å². The Morgan fingerprint density at radius 3 is 0.769 bits per heavy atom. The molecule has 0 saturated heterocycles. The number of hydrogen-bond donors (Lipinski definition) is 0. The van der Waals surface area contributed by atoms with E-state index in [2.05, 4.69) is 26.3 Å². The zero-order valence-electron chi connectivity index (χ0n) is 15.4. The van der Waals surface area contributed by atoms with Gasteiger partial charge in [0.1, 0.15) is 0 Å². The number of allylic oxidation sites excluding steroid dienone is 2. The third-order valence-electron chi connectivity index (χ3n) is 2.90. The first kappa shape index (κ1) is 22.6. The van der Waals surface area contributed by atoms with E-state index >= 15 is 0 Å². The van der Waals surface area contributed by atoms with E-state index in [1.54, 1.807) is 12.2 Å². The van der Waals surface area contributed by atoms with Crippen molar-refractivity contribution in [2.75, 3.05) is 0 Å². The van der Waals surface area contributed by atoms with E-state index in [0.717, 1.165) is 0 Å². The van der Waals surface area contributed by atoms with E-state index in [4.69, 9.17) is 0 Å². The molecule has 3 aromatic rings. The van der Waals surface area contributed by atoms with Crippen LogP contribution in [0.1, 0.15) is 11.1 Å². The number of hydrogen-bond acceptors (Lipinski definition) is 0. The number of benzene rings is 3. The van der Waals surface area contributed by atoms with Crippen LogP contribution in [-0.4, -0.2) is 0 Å². The van der Waals surface area contributed by atoms with Gasteiger partial charge in [-0.1, -0.05) is 148 Å². The van der Waals surface area contributed by atoms with Gasteiger partial charge >= 0.3 is 0 Å². The summed E-state index contributed by atoms with van der Waals surface area (Å²) in [6.45, 7) is 14.0. The second-order valence-electron chi connectivity index (χ2n) is 4.86. The van der Waals surface area contributed by atoms with Gasteiger partial charge in [0.2, 0.25) is 0 Å². The summed E-state index contributed by atoms with van der Waals surface area (Å²) in [6, 6.07) is 32.1. The molecule has 0 heteroatoms. The Morgan fingerprint density at radius 1 is 0.385 bits per heavy atom. The van der Waals surface area contributed by atoms with Crippen LogP contribution in [0.25, 0.3) is 12.2 Å². The normalized spacial score (nSPS) is 7.85. The van der Waals surface area contributed by atoms with Crippen LogP contribution in [0.3, 0.4) is 0 Å².